The first-order valence-electron chi connectivity index (χ1n) is 9.08. The molecule has 2 rings (SSSR count). The Hall–Kier alpha value is -2.41. The van der Waals surface area contributed by atoms with Crippen molar-refractivity contribution in [3.8, 4) is 5.75 Å². The van der Waals surface area contributed by atoms with Gasteiger partial charge in [0.15, 0.2) is 0 Å². The minimum absolute atomic E-state index is 0.182. The highest BCUT2D eigenvalue weighted by atomic mass is 16.5. The Bertz CT molecular complexity index is 676. The summed E-state index contributed by atoms with van der Waals surface area (Å²) in [5.41, 5.74) is -0.281. The number of methoxy groups -OCH3 is 1. The summed E-state index contributed by atoms with van der Waals surface area (Å²) >= 11 is 0. The molecule has 1 aromatic rings. The van der Waals surface area contributed by atoms with E-state index in [-0.39, 0.29) is 6.61 Å². The lowest BCUT2D eigenvalue weighted by molar-refractivity contribution is -0.160. The summed E-state index contributed by atoms with van der Waals surface area (Å²) in [5, 5.41) is 5.11. The molecule has 150 valence electrons. The first-order valence-corrected chi connectivity index (χ1v) is 9.08. The van der Waals surface area contributed by atoms with Crippen LogP contribution in [0.5, 0.6) is 5.75 Å². The molecule has 1 saturated heterocycles. The highest BCUT2D eigenvalue weighted by Gasteiger charge is 2.55. The van der Waals surface area contributed by atoms with Gasteiger partial charge in [0.05, 0.1) is 19.1 Å². The molecule has 0 spiro atoms. The number of carbonyl (C=O) groups excluding carboxylic acids is 3. The molecular weight excluding hydrogens is 348 g/mol. The minimum Gasteiger partial charge on any atom is -0.497 e. The first-order chi connectivity index (χ1) is 12.8. The SMILES string of the molecule is CCOC(=O)C1C(=O)NC(=O)C(CC)(c2cccc(OC)c2)C1C.CNC. The van der Waals surface area contributed by atoms with Gasteiger partial charge in [0.25, 0.3) is 0 Å². The van der Waals surface area contributed by atoms with Crippen LogP contribution in [0, 0.1) is 11.8 Å². The Morgan fingerprint density at radius 2 is 1.89 bits per heavy atom. The molecule has 3 unspecified atom stereocenters. The number of nitrogens with one attached hydrogen (secondary N) is 2. The van der Waals surface area contributed by atoms with E-state index in [2.05, 4.69) is 10.6 Å². The third kappa shape index (κ3) is 4.47. The minimum atomic E-state index is -1.02. The van der Waals surface area contributed by atoms with E-state index < -0.39 is 35.0 Å². The summed E-state index contributed by atoms with van der Waals surface area (Å²) in [7, 11) is 5.30. The van der Waals surface area contributed by atoms with Gasteiger partial charge in [-0.1, -0.05) is 26.0 Å². The highest BCUT2D eigenvalue weighted by Crippen LogP contribution is 2.44. The molecule has 2 N–H and O–H groups in total. The zero-order valence-corrected chi connectivity index (χ0v) is 16.9. The molecule has 7 nitrogen and oxygen atoms in total. The van der Waals surface area contributed by atoms with E-state index in [0.29, 0.717) is 12.2 Å². The van der Waals surface area contributed by atoms with Crippen molar-refractivity contribution in [2.75, 3.05) is 27.8 Å². The van der Waals surface area contributed by atoms with Crippen LogP contribution in [0.15, 0.2) is 24.3 Å². The number of piperidine rings is 1. The van der Waals surface area contributed by atoms with Gasteiger partial charge in [-0.2, -0.15) is 0 Å². The van der Waals surface area contributed by atoms with Gasteiger partial charge in [-0.15, -0.1) is 0 Å². The van der Waals surface area contributed by atoms with Crippen molar-refractivity contribution in [1.82, 2.24) is 10.6 Å². The van der Waals surface area contributed by atoms with Gasteiger partial charge in [0, 0.05) is 0 Å². The average Bonchev–Trinajstić information content (AvgIpc) is 2.63. The molecule has 1 aromatic carbocycles. The van der Waals surface area contributed by atoms with Crippen LogP contribution in [-0.4, -0.2) is 45.6 Å². The molecule has 0 saturated carbocycles. The second kappa shape index (κ2) is 10.1. The molecule has 27 heavy (non-hydrogen) atoms. The molecule has 1 fully saturated rings. The number of hydrogen-bond donors (Lipinski definition) is 2. The number of imide groups is 1. The van der Waals surface area contributed by atoms with Crippen molar-refractivity contribution in [3.05, 3.63) is 29.8 Å². The molecule has 2 amide bonds. The summed E-state index contributed by atoms with van der Waals surface area (Å²) in [6.45, 7) is 5.49. The van der Waals surface area contributed by atoms with Crippen molar-refractivity contribution in [1.29, 1.82) is 0 Å². The van der Waals surface area contributed by atoms with Crippen molar-refractivity contribution in [3.63, 3.8) is 0 Å². The number of hydrogen-bond acceptors (Lipinski definition) is 6. The van der Waals surface area contributed by atoms with Crippen molar-refractivity contribution in [2.45, 2.75) is 32.6 Å². The topological polar surface area (TPSA) is 93.7 Å². The fraction of sp³-hybridized carbons (Fsp3) is 0.550. The van der Waals surface area contributed by atoms with Crippen LogP contribution in [0.3, 0.4) is 0 Å². The van der Waals surface area contributed by atoms with E-state index in [1.54, 1.807) is 39.2 Å². The predicted molar refractivity (Wildman–Crippen MR) is 102 cm³/mol. The van der Waals surface area contributed by atoms with Crippen LogP contribution in [0.25, 0.3) is 0 Å². The van der Waals surface area contributed by atoms with Gasteiger partial charge in [-0.3, -0.25) is 19.7 Å². The summed E-state index contributed by atoms with van der Waals surface area (Å²) in [5.74, 6) is -2.53. The maximum atomic E-state index is 12.8. The van der Waals surface area contributed by atoms with Gasteiger partial charge in [-0.05, 0) is 51.1 Å². The Labute approximate surface area is 160 Å². The standard InChI is InChI=1S/C18H23NO5.C2H7N/c1-5-18(12-8-7-9-13(10-12)23-4)11(3)14(16(21)24-6-2)15(20)19-17(18)22;1-3-2/h7-11,14H,5-6H2,1-4H3,(H,19,20,22);3H,1-2H3. The Morgan fingerprint density at radius 3 is 2.41 bits per heavy atom. The van der Waals surface area contributed by atoms with Crippen LogP contribution in [-0.2, 0) is 24.5 Å². The lowest BCUT2D eigenvalue weighted by Gasteiger charge is -2.43. The van der Waals surface area contributed by atoms with Crippen LogP contribution in [0.1, 0.15) is 32.8 Å². The first kappa shape index (κ1) is 22.6. The van der Waals surface area contributed by atoms with Gasteiger partial charge in [0.1, 0.15) is 11.7 Å². The third-order valence-electron chi connectivity index (χ3n) is 4.88. The Balaban J connectivity index is 0.00000114. The summed E-state index contributed by atoms with van der Waals surface area (Å²) in [6, 6.07) is 7.17. The van der Waals surface area contributed by atoms with Crippen molar-refractivity contribution >= 4 is 17.8 Å². The number of rotatable bonds is 5. The van der Waals surface area contributed by atoms with E-state index >= 15 is 0 Å². The van der Waals surface area contributed by atoms with Crippen LogP contribution in [0.4, 0.5) is 0 Å². The maximum Gasteiger partial charge on any atom is 0.318 e. The normalized spacial score (nSPS) is 24.4. The van der Waals surface area contributed by atoms with E-state index in [9.17, 15) is 14.4 Å². The molecule has 3 atom stereocenters. The van der Waals surface area contributed by atoms with Crippen molar-refractivity contribution < 1.29 is 23.9 Å². The lowest BCUT2D eigenvalue weighted by atomic mass is 9.61. The number of amides is 2. The Morgan fingerprint density at radius 1 is 1.26 bits per heavy atom. The summed E-state index contributed by atoms with van der Waals surface area (Å²) < 4.78 is 10.3. The van der Waals surface area contributed by atoms with Gasteiger partial charge in [0.2, 0.25) is 11.8 Å². The van der Waals surface area contributed by atoms with Gasteiger partial charge >= 0.3 is 5.97 Å². The number of carbonyl (C=O) groups is 3. The van der Waals surface area contributed by atoms with Crippen LogP contribution in [0.2, 0.25) is 0 Å². The fourth-order valence-corrected chi connectivity index (χ4v) is 3.54. The largest absolute Gasteiger partial charge is 0.497 e. The Kier molecular flexibility index (Phi) is 8.43. The summed E-state index contributed by atoms with van der Waals surface area (Å²) in [6.07, 6.45) is 0.441. The molecule has 1 aliphatic heterocycles. The van der Waals surface area contributed by atoms with E-state index in [0.717, 1.165) is 5.56 Å². The molecule has 0 radical (unpaired) electrons. The quantitative estimate of drug-likeness (QED) is 0.460. The smallest absolute Gasteiger partial charge is 0.318 e. The van der Waals surface area contributed by atoms with E-state index in [1.165, 1.54) is 0 Å². The molecule has 0 aliphatic carbocycles. The fourth-order valence-electron chi connectivity index (χ4n) is 3.54. The number of ether oxygens (including phenoxy) is 2. The van der Waals surface area contributed by atoms with Gasteiger partial charge in [-0.25, -0.2) is 0 Å². The molecule has 1 heterocycles. The monoisotopic (exact) mass is 378 g/mol. The van der Waals surface area contributed by atoms with Crippen molar-refractivity contribution in [2.24, 2.45) is 11.8 Å². The van der Waals surface area contributed by atoms with Crippen LogP contribution >= 0.6 is 0 Å². The average molecular weight is 378 g/mol. The predicted octanol–water partition coefficient (Wildman–Crippen LogP) is 1.65. The summed E-state index contributed by atoms with van der Waals surface area (Å²) in [4.78, 5) is 37.3. The molecule has 7 heteroatoms. The maximum absolute atomic E-state index is 12.8. The molecule has 0 bridgehead atoms. The molecule has 0 aromatic heterocycles. The third-order valence-corrected chi connectivity index (χ3v) is 4.88. The molecular formula is C20H30N2O5. The second-order valence-electron chi connectivity index (χ2n) is 6.39. The second-order valence-corrected chi connectivity index (χ2v) is 6.39. The van der Waals surface area contributed by atoms with Crippen LogP contribution < -0.4 is 15.4 Å². The number of benzene rings is 1. The molecule has 1 aliphatic rings. The number of esters is 1. The van der Waals surface area contributed by atoms with E-state index in [1.807, 2.05) is 27.1 Å². The van der Waals surface area contributed by atoms with E-state index in [4.69, 9.17) is 9.47 Å². The lowest BCUT2D eigenvalue weighted by Crippen LogP contribution is -2.62. The zero-order valence-electron chi connectivity index (χ0n) is 16.9. The highest BCUT2D eigenvalue weighted by molar-refractivity contribution is 6.11. The zero-order chi connectivity index (χ0) is 20.6. The van der Waals surface area contributed by atoms with Gasteiger partial charge < -0.3 is 14.8 Å².